The molecule has 3 aromatic heterocycles. The molecule has 1 unspecified atom stereocenters. The molecule has 0 N–H and O–H groups in total. The first kappa shape index (κ1) is 33.3. The molecule has 10 aromatic rings. The molecule has 0 bridgehead atoms. The van der Waals surface area contributed by atoms with E-state index in [1.54, 1.807) is 0 Å². The summed E-state index contributed by atoms with van der Waals surface area (Å²) in [6.07, 6.45) is 0.487. The van der Waals surface area contributed by atoms with Gasteiger partial charge in [-0.15, -0.1) is 0 Å². The lowest BCUT2D eigenvalue weighted by molar-refractivity contribution is 0.402. The van der Waals surface area contributed by atoms with Gasteiger partial charge in [0.25, 0.3) is 0 Å². The minimum atomic E-state index is -3.09. The molecule has 0 fully saturated rings. The van der Waals surface area contributed by atoms with E-state index in [-0.39, 0.29) is 0 Å². The van der Waals surface area contributed by atoms with E-state index in [0.717, 1.165) is 66.7 Å². The topological polar surface area (TPSA) is 47.1 Å². The van der Waals surface area contributed by atoms with E-state index in [1.807, 2.05) is 86.0 Å². The number of rotatable bonds is 6. The molecule has 11 rings (SSSR count). The highest BCUT2D eigenvalue weighted by atomic mass is 28.3. The highest BCUT2D eigenvalue weighted by Crippen LogP contribution is 2.42. The van der Waals surface area contributed by atoms with Crippen molar-refractivity contribution >= 4 is 79.0 Å². The predicted octanol–water partition coefficient (Wildman–Crippen LogP) is 9.75. The Morgan fingerprint density at radius 3 is 2.12 bits per heavy atom. The van der Waals surface area contributed by atoms with Crippen LogP contribution in [-0.4, -0.2) is 22.6 Å². The van der Waals surface area contributed by atoms with Crippen LogP contribution in [0.4, 0.5) is 21.6 Å². The zero-order chi connectivity index (χ0) is 38.1. The average Bonchev–Trinajstić information content (AvgIpc) is 3.83. The van der Waals surface area contributed by atoms with E-state index in [9.17, 15) is 0 Å². The number of hydrogen-bond donors (Lipinski definition) is 0. The van der Waals surface area contributed by atoms with Gasteiger partial charge in [-0.05, 0) is 86.5 Å². The molecule has 1 aliphatic rings. The highest BCUT2D eigenvalue weighted by molar-refractivity contribution is 7.22. The molecular weight excluding hydrogens is 720 g/mol. The Morgan fingerprint density at radius 2 is 1.33 bits per heavy atom. The van der Waals surface area contributed by atoms with Gasteiger partial charge in [-0.1, -0.05) is 127 Å². The van der Waals surface area contributed by atoms with E-state index >= 15 is 4.39 Å². The normalized spacial score (nSPS) is 13.8. The number of alkyl halides is 1. The van der Waals surface area contributed by atoms with E-state index in [4.69, 9.17) is 14.4 Å². The number of aromatic nitrogens is 3. The molecule has 0 aliphatic carbocycles. The highest BCUT2D eigenvalue weighted by Gasteiger charge is 2.51. The summed E-state index contributed by atoms with van der Waals surface area (Å²) in [5.74, 6) is 1.64. The number of pyridine rings is 1. The third-order valence-electron chi connectivity index (χ3n) is 11.6. The van der Waals surface area contributed by atoms with Gasteiger partial charge in [0, 0.05) is 41.0 Å². The fourth-order valence-electron chi connectivity index (χ4n) is 9.15. The van der Waals surface area contributed by atoms with Gasteiger partial charge in [0.15, 0.2) is 14.2 Å². The summed E-state index contributed by atoms with van der Waals surface area (Å²) in [6.45, 7) is 0. The van der Waals surface area contributed by atoms with Crippen molar-refractivity contribution in [3.63, 3.8) is 0 Å². The van der Waals surface area contributed by atoms with Crippen LogP contribution in [-0.2, 0) is 7.05 Å². The molecule has 7 aromatic carbocycles. The summed E-state index contributed by atoms with van der Waals surface area (Å²) < 4.78 is 25.7. The molecule has 7 heteroatoms. The maximum atomic E-state index is 17.0. The van der Waals surface area contributed by atoms with Gasteiger partial charge in [-0.3, -0.25) is 4.90 Å². The Labute approximate surface area is 330 Å². The van der Waals surface area contributed by atoms with Crippen LogP contribution in [0, 0.1) is 0 Å². The van der Waals surface area contributed by atoms with Gasteiger partial charge in [0.1, 0.15) is 22.8 Å². The van der Waals surface area contributed by atoms with Crippen molar-refractivity contribution in [2.24, 2.45) is 7.05 Å². The fourth-order valence-corrected chi connectivity index (χ4v) is 14.4. The zero-order valence-electron chi connectivity index (χ0n) is 31.1. The van der Waals surface area contributed by atoms with Crippen molar-refractivity contribution in [3.8, 4) is 11.4 Å². The summed E-state index contributed by atoms with van der Waals surface area (Å²) in [7, 11) is -1.08. The van der Waals surface area contributed by atoms with E-state index < -0.39 is 14.2 Å². The number of nitrogens with zero attached hydrogens (tertiary/aromatic N) is 4. The molecule has 272 valence electrons. The first-order chi connectivity index (χ1) is 28.1. The lowest BCUT2D eigenvalue weighted by Gasteiger charge is -2.44. The quantitative estimate of drug-likeness (QED) is 0.159. The monoisotopic (exact) mass is 754 g/mol. The minimum Gasteiger partial charge on any atom is -0.456 e. The molecule has 4 heterocycles. The van der Waals surface area contributed by atoms with Crippen LogP contribution in [0.3, 0.4) is 0 Å². The molecule has 5 nitrogen and oxygen atoms in total. The van der Waals surface area contributed by atoms with Gasteiger partial charge in [-0.25, -0.2) is 14.4 Å². The van der Waals surface area contributed by atoms with Gasteiger partial charge < -0.3 is 8.98 Å². The van der Waals surface area contributed by atoms with Crippen molar-refractivity contribution in [2.45, 2.75) is 6.17 Å². The Balaban J connectivity index is 1.13. The molecule has 57 heavy (non-hydrogen) atoms. The fraction of sp³-hybridized carbons (Fsp3) is 0.0400. The Bertz CT molecular complexity index is 3100. The van der Waals surface area contributed by atoms with Crippen LogP contribution in [0.2, 0.25) is 0 Å². The van der Waals surface area contributed by atoms with Crippen molar-refractivity contribution in [3.05, 3.63) is 199 Å². The Hall–Kier alpha value is -7.09. The summed E-state index contributed by atoms with van der Waals surface area (Å²) in [5, 5.41) is 7.05. The number of anilines is 3. The number of imidazole rings is 1. The molecule has 0 saturated carbocycles. The van der Waals surface area contributed by atoms with Gasteiger partial charge in [-0.2, -0.15) is 0 Å². The molecule has 1 aliphatic heterocycles. The molecule has 1 atom stereocenters. The summed E-state index contributed by atoms with van der Waals surface area (Å²) in [5.41, 5.74) is 7.46. The van der Waals surface area contributed by atoms with Crippen molar-refractivity contribution in [1.82, 2.24) is 14.5 Å². The van der Waals surface area contributed by atoms with Crippen LogP contribution in [0.5, 0.6) is 0 Å². The van der Waals surface area contributed by atoms with E-state index in [1.165, 1.54) is 15.6 Å². The minimum absolute atomic E-state index is 0.559. The molecular formula is C50H35FN4OSi. The zero-order valence-corrected chi connectivity index (χ0v) is 32.1. The number of aryl methyl sites for hydroxylation is 1. The largest absolute Gasteiger partial charge is 0.456 e. The average molecular weight is 755 g/mol. The second-order valence-corrected chi connectivity index (χ2v) is 18.4. The number of halogens is 1. The first-order valence-electron chi connectivity index (χ1n) is 19.2. The number of para-hydroxylation sites is 3. The van der Waals surface area contributed by atoms with Gasteiger partial charge in [0.05, 0.1) is 11.0 Å². The Morgan fingerprint density at radius 1 is 0.632 bits per heavy atom. The van der Waals surface area contributed by atoms with Gasteiger partial charge in [0.2, 0.25) is 0 Å². The van der Waals surface area contributed by atoms with Crippen LogP contribution in [0.1, 0.15) is 17.3 Å². The van der Waals surface area contributed by atoms with Crippen molar-refractivity contribution in [1.29, 1.82) is 0 Å². The maximum Gasteiger partial charge on any atom is 0.187 e. The second kappa shape index (κ2) is 13.0. The second-order valence-electron chi connectivity index (χ2n) is 14.7. The third kappa shape index (κ3) is 4.99. The van der Waals surface area contributed by atoms with Crippen LogP contribution >= 0.6 is 0 Å². The van der Waals surface area contributed by atoms with E-state index in [2.05, 4.69) is 119 Å². The maximum absolute atomic E-state index is 17.0. The van der Waals surface area contributed by atoms with Crippen LogP contribution in [0.25, 0.3) is 44.4 Å². The smallest absolute Gasteiger partial charge is 0.187 e. The van der Waals surface area contributed by atoms with Crippen LogP contribution in [0.15, 0.2) is 193 Å². The third-order valence-corrected chi connectivity index (χ3v) is 16.5. The number of furan rings is 1. The number of benzene rings is 7. The predicted molar refractivity (Wildman–Crippen MR) is 232 cm³/mol. The summed E-state index contributed by atoms with van der Waals surface area (Å²) in [4.78, 5) is 12.3. The SMILES string of the molecule is Cn1c(-c2cccc(C(F)c3cccc(N4c5ccc6oc7ccccc7c6c5[Si](c5ccccc5)(c5ccccc5)c5cccnc54)c3)c2)nc2ccccc21. The standard InChI is InChI=1S/C50H35FN4OSi/c1-54-41-25-10-9-24-40(41)53-49(54)35-17-12-15-33(31-35)47(51)34-16-13-18-36(32-34)55-42-28-29-44-46(39-23-8-11-26-43(39)56-44)48(42)57(37-19-4-2-5-20-37,38-21-6-3-7-22-38)45-27-14-30-52-50(45)55/h2-32,47H,1H3. The van der Waals surface area contributed by atoms with E-state index in [0.29, 0.717) is 11.1 Å². The lowest BCUT2D eigenvalue weighted by Crippen LogP contribution is -2.77. The molecule has 0 radical (unpaired) electrons. The summed E-state index contributed by atoms with van der Waals surface area (Å²) >= 11 is 0. The Kier molecular flexibility index (Phi) is 7.59. The lowest BCUT2D eigenvalue weighted by atomic mass is 9.99. The number of fused-ring (bicyclic) bond motifs is 7. The van der Waals surface area contributed by atoms with Crippen molar-refractivity contribution < 1.29 is 8.81 Å². The first-order valence-corrected chi connectivity index (χ1v) is 21.2. The van der Waals surface area contributed by atoms with Crippen molar-refractivity contribution in [2.75, 3.05) is 4.90 Å². The summed E-state index contributed by atoms with van der Waals surface area (Å²) in [6, 6.07) is 62.3. The number of hydrogen-bond acceptors (Lipinski definition) is 4. The molecule has 0 spiro atoms. The van der Waals surface area contributed by atoms with Crippen LogP contribution < -0.4 is 25.6 Å². The van der Waals surface area contributed by atoms with Gasteiger partial charge >= 0.3 is 0 Å². The molecule has 0 amide bonds. The molecule has 0 saturated heterocycles.